The molecule has 7 heteroatoms. The molecule has 29 heavy (non-hydrogen) atoms. The maximum absolute atomic E-state index is 12.2. The number of carbonyl (C=O) groups excluding carboxylic acids is 1. The van der Waals surface area contributed by atoms with Crippen molar-refractivity contribution in [3.8, 4) is 11.5 Å². The fourth-order valence-electron chi connectivity index (χ4n) is 2.60. The minimum absolute atomic E-state index is 0.124. The molecule has 0 amide bonds. The van der Waals surface area contributed by atoms with E-state index in [4.69, 9.17) is 9.47 Å². The number of esters is 1. The molecule has 0 radical (unpaired) electrons. The number of thioether (sulfide) groups is 1. The fraction of sp³-hybridized carbons (Fsp3) is 0.0909. The van der Waals surface area contributed by atoms with E-state index in [0.29, 0.717) is 16.5 Å². The van der Waals surface area contributed by atoms with Gasteiger partial charge in [-0.3, -0.25) is 14.8 Å². The first kappa shape index (κ1) is 18.9. The van der Waals surface area contributed by atoms with Crippen LogP contribution in [-0.2, 0) is 16.1 Å². The monoisotopic (exact) mass is 403 g/mol. The van der Waals surface area contributed by atoms with E-state index in [1.54, 1.807) is 24.7 Å². The minimum Gasteiger partial charge on any atom is -0.460 e. The Morgan fingerprint density at radius 1 is 0.931 bits per heavy atom. The summed E-state index contributed by atoms with van der Waals surface area (Å²) in [4.78, 5) is 25.1. The minimum atomic E-state index is -0.332. The van der Waals surface area contributed by atoms with Crippen LogP contribution in [-0.4, -0.2) is 26.7 Å². The first-order valence-electron chi connectivity index (χ1n) is 8.94. The van der Waals surface area contributed by atoms with Gasteiger partial charge >= 0.3 is 5.97 Å². The Kier molecular flexibility index (Phi) is 5.97. The van der Waals surface area contributed by atoms with Crippen LogP contribution in [0.4, 0.5) is 0 Å². The molecule has 0 unspecified atom stereocenters. The molecule has 0 bridgehead atoms. The molecular formula is C22H17N3O3S. The lowest BCUT2D eigenvalue weighted by molar-refractivity contribution is -0.141. The van der Waals surface area contributed by atoms with E-state index in [-0.39, 0.29) is 18.3 Å². The zero-order valence-electron chi connectivity index (χ0n) is 15.4. The number of rotatable bonds is 7. The summed E-state index contributed by atoms with van der Waals surface area (Å²) in [5.41, 5.74) is 2.40. The maximum Gasteiger partial charge on any atom is 0.316 e. The molecule has 0 aliphatic carbocycles. The molecule has 4 rings (SSSR count). The lowest BCUT2D eigenvalue weighted by Crippen LogP contribution is -2.08. The molecule has 144 valence electrons. The first-order chi connectivity index (χ1) is 14.3. The second-order valence-electron chi connectivity index (χ2n) is 6.04. The van der Waals surface area contributed by atoms with Crippen molar-refractivity contribution in [3.63, 3.8) is 0 Å². The van der Waals surface area contributed by atoms with Crippen LogP contribution in [0.3, 0.4) is 0 Å². The van der Waals surface area contributed by atoms with Crippen LogP contribution in [0, 0.1) is 0 Å². The van der Waals surface area contributed by atoms with Crippen molar-refractivity contribution in [1.29, 1.82) is 0 Å². The highest BCUT2D eigenvalue weighted by molar-refractivity contribution is 7.99. The molecule has 0 saturated carbocycles. The number of para-hydroxylation sites is 3. The first-order valence-corrected chi connectivity index (χ1v) is 9.92. The van der Waals surface area contributed by atoms with Crippen LogP contribution in [0.2, 0.25) is 0 Å². The van der Waals surface area contributed by atoms with Crippen LogP contribution in [0.15, 0.2) is 84.3 Å². The zero-order chi connectivity index (χ0) is 19.9. The topological polar surface area (TPSA) is 74.2 Å². The SMILES string of the molecule is O=C(CSc1cnc2ccccc2n1)OCc1ccccc1Oc1cccnc1. The van der Waals surface area contributed by atoms with E-state index in [0.717, 1.165) is 16.6 Å². The Bertz CT molecular complexity index is 1120. The van der Waals surface area contributed by atoms with Gasteiger partial charge in [-0.1, -0.05) is 42.1 Å². The molecule has 0 N–H and O–H groups in total. The normalized spacial score (nSPS) is 10.6. The van der Waals surface area contributed by atoms with Crippen molar-refractivity contribution in [2.75, 3.05) is 5.75 Å². The number of hydrogen-bond acceptors (Lipinski definition) is 7. The highest BCUT2D eigenvalue weighted by atomic mass is 32.2. The average Bonchev–Trinajstić information content (AvgIpc) is 2.77. The molecule has 4 aromatic rings. The number of benzene rings is 2. The summed E-state index contributed by atoms with van der Waals surface area (Å²) in [6.45, 7) is 0.124. The summed E-state index contributed by atoms with van der Waals surface area (Å²) in [6.07, 6.45) is 4.97. The molecule has 0 aliphatic heterocycles. The molecule has 6 nitrogen and oxygen atoms in total. The Morgan fingerprint density at radius 2 is 1.76 bits per heavy atom. The third-order valence-corrected chi connectivity index (χ3v) is 4.86. The van der Waals surface area contributed by atoms with Crippen molar-refractivity contribution in [2.45, 2.75) is 11.6 Å². The molecule has 2 aromatic carbocycles. The van der Waals surface area contributed by atoms with E-state index < -0.39 is 0 Å². The second-order valence-corrected chi connectivity index (χ2v) is 7.04. The van der Waals surface area contributed by atoms with E-state index >= 15 is 0 Å². The van der Waals surface area contributed by atoms with Gasteiger partial charge < -0.3 is 9.47 Å². The lowest BCUT2D eigenvalue weighted by Gasteiger charge is -2.11. The molecule has 2 heterocycles. The van der Waals surface area contributed by atoms with Crippen molar-refractivity contribution in [3.05, 3.63) is 84.8 Å². The standard InChI is InChI=1S/C22H17N3O3S/c26-22(15-29-21-13-24-18-8-2-3-9-19(18)25-21)27-14-16-6-1-4-10-20(16)28-17-7-5-11-23-12-17/h1-13H,14-15H2. The summed E-state index contributed by atoms with van der Waals surface area (Å²) in [5.74, 6) is 1.07. The van der Waals surface area contributed by atoms with E-state index in [9.17, 15) is 4.79 Å². The van der Waals surface area contributed by atoms with Crippen LogP contribution < -0.4 is 4.74 Å². The molecule has 0 atom stereocenters. The second kappa shape index (κ2) is 9.16. The highest BCUT2D eigenvalue weighted by Gasteiger charge is 2.10. The van der Waals surface area contributed by atoms with Gasteiger partial charge in [0, 0.05) is 11.8 Å². The van der Waals surface area contributed by atoms with Gasteiger partial charge in [0.25, 0.3) is 0 Å². The average molecular weight is 403 g/mol. The molecule has 0 fully saturated rings. The fourth-order valence-corrected chi connectivity index (χ4v) is 3.24. The summed E-state index contributed by atoms with van der Waals surface area (Å²) < 4.78 is 11.2. The van der Waals surface area contributed by atoms with Crippen molar-refractivity contribution < 1.29 is 14.3 Å². The van der Waals surface area contributed by atoms with Crippen molar-refractivity contribution in [2.24, 2.45) is 0 Å². The number of nitrogens with zero attached hydrogens (tertiary/aromatic N) is 3. The van der Waals surface area contributed by atoms with Gasteiger partial charge in [0.2, 0.25) is 0 Å². The summed E-state index contributed by atoms with van der Waals surface area (Å²) in [6, 6.07) is 18.7. The van der Waals surface area contributed by atoms with E-state index in [1.165, 1.54) is 11.8 Å². The van der Waals surface area contributed by atoms with Gasteiger partial charge in [0.15, 0.2) is 0 Å². The number of carbonyl (C=O) groups is 1. The van der Waals surface area contributed by atoms with Gasteiger partial charge in [0.1, 0.15) is 23.1 Å². The van der Waals surface area contributed by atoms with Crippen LogP contribution in [0.5, 0.6) is 11.5 Å². The van der Waals surface area contributed by atoms with E-state index in [1.807, 2.05) is 54.6 Å². The quantitative estimate of drug-likeness (QED) is 0.328. The summed E-state index contributed by atoms with van der Waals surface area (Å²) in [5, 5.41) is 0.681. The van der Waals surface area contributed by atoms with Gasteiger partial charge in [-0.15, -0.1) is 0 Å². The molecule has 0 spiro atoms. The van der Waals surface area contributed by atoms with Gasteiger partial charge in [-0.05, 0) is 30.3 Å². The number of fused-ring (bicyclic) bond motifs is 1. The van der Waals surface area contributed by atoms with Crippen molar-refractivity contribution >= 4 is 28.8 Å². The summed E-state index contributed by atoms with van der Waals surface area (Å²) in [7, 11) is 0. The number of pyridine rings is 1. The Morgan fingerprint density at radius 3 is 2.62 bits per heavy atom. The number of aromatic nitrogens is 3. The predicted octanol–water partition coefficient (Wildman–Crippen LogP) is 4.65. The van der Waals surface area contributed by atoms with Gasteiger partial charge in [-0.2, -0.15) is 0 Å². The van der Waals surface area contributed by atoms with Crippen molar-refractivity contribution in [1.82, 2.24) is 15.0 Å². The van der Waals surface area contributed by atoms with Crippen LogP contribution in [0.25, 0.3) is 11.0 Å². The third kappa shape index (κ3) is 5.08. The maximum atomic E-state index is 12.2. The summed E-state index contributed by atoms with van der Waals surface area (Å²) >= 11 is 1.30. The van der Waals surface area contributed by atoms with Gasteiger partial charge in [-0.25, -0.2) is 4.98 Å². The molecule has 0 aliphatic rings. The molecular weight excluding hydrogens is 386 g/mol. The van der Waals surface area contributed by atoms with Crippen LogP contribution in [0.1, 0.15) is 5.56 Å². The largest absolute Gasteiger partial charge is 0.460 e. The zero-order valence-corrected chi connectivity index (χ0v) is 16.2. The van der Waals surface area contributed by atoms with Crippen LogP contribution >= 0.6 is 11.8 Å². The molecule has 0 saturated heterocycles. The Labute approximate surface area is 171 Å². The lowest BCUT2D eigenvalue weighted by atomic mass is 10.2. The third-order valence-electron chi connectivity index (χ3n) is 3.99. The predicted molar refractivity (Wildman–Crippen MR) is 111 cm³/mol. The smallest absolute Gasteiger partial charge is 0.316 e. The van der Waals surface area contributed by atoms with E-state index in [2.05, 4.69) is 15.0 Å². The molecule has 2 aromatic heterocycles. The number of ether oxygens (including phenoxy) is 2. The van der Waals surface area contributed by atoms with Gasteiger partial charge in [0.05, 0.1) is 29.2 Å². The number of hydrogen-bond donors (Lipinski definition) is 0. The highest BCUT2D eigenvalue weighted by Crippen LogP contribution is 2.25. The Hall–Kier alpha value is -3.45. The Balaban J connectivity index is 1.33.